The molecule has 1 amide bonds. The summed E-state index contributed by atoms with van der Waals surface area (Å²) in [5, 5.41) is 7.57. The van der Waals surface area contributed by atoms with E-state index in [0.717, 1.165) is 24.1 Å². The summed E-state index contributed by atoms with van der Waals surface area (Å²) in [6.45, 7) is 4.76. The maximum Gasteiger partial charge on any atom is 0.266 e. The summed E-state index contributed by atoms with van der Waals surface area (Å²) in [4.78, 5) is 24.4. The van der Waals surface area contributed by atoms with E-state index in [9.17, 15) is 9.59 Å². The van der Waals surface area contributed by atoms with Crippen LogP contribution in [-0.2, 0) is 11.3 Å². The molecule has 2 aromatic rings. The average Bonchev–Trinajstić information content (AvgIpc) is 2.65. The van der Waals surface area contributed by atoms with E-state index in [1.54, 1.807) is 6.07 Å². The van der Waals surface area contributed by atoms with E-state index in [1.165, 1.54) is 17.2 Å². The minimum absolute atomic E-state index is 0.00485. The molecule has 3 atom stereocenters. The van der Waals surface area contributed by atoms with Crippen molar-refractivity contribution in [3.63, 3.8) is 0 Å². The molecule has 0 bridgehead atoms. The molecule has 5 heteroatoms. The standard InChI is InChI=1S/C21H27N3O2/c1-15-7-6-10-18(16(15)2)22-20(25)13-14-24-21(26)12-11-19(23-24)17-8-4-3-5-9-17/h3-5,8-9,11-12,15-16,18H,6-7,10,13-14H2,1-2H3,(H,22,25)/t15-,16+,18+/m1/s1. The Bertz CT molecular complexity index is 800. The molecule has 1 aromatic carbocycles. The number of nitrogens with one attached hydrogen (secondary N) is 1. The SMILES string of the molecule is C[C@H]1[C@H](C)CCC[C@@H]1NC(=O)CCn1nc(-c2ccccc2)ccc1=O. The van der Waals surface area contributed by atoms with Gasteiger partial charge in [-0.1, -0.05) is 57.0 Å². The van der Waals surface area contributed by atoms with Crippen LogP contribution in [0.15, 0.2) is 47.3 Å². The minimum Gasteiger partial charge on any atom is -0.353 e. The topological polar surface area (TPSA) is 64.0 Å². The molecule has 0 radical (unpaired) electrons. The van der Waals surface area contributed by atoms with Crippen molar-refractivity contribution in [3.05, 3.63) is 52.8 Å². The fraction of sp³-hybridized carbons (Fsp3) is 0.476. The summed E-state index contributed by atoms with van der Waals surface area (Å²) in [5.41, 5.74) is 1.51. The number of hydrogen-bond acceptors (Lipinski definition) is 3. The molecule has 1 N–H and O–H groups in total. The first-order chi connectivity index (χ1) is 12.5. The summed E-state index contributed by atoms with van der Waals surface area (Å²) >= 11 is 0. The van der Waals surface area contributed by atoms with Crippen LogP contribution in [0.1, 0.15) is 39.5 Å². The van der Waals surface area contributed by atoms with Gasteiger partial charge in [-0.2, -0.15) is 5.10 Å². The lowest BCUT2D eigenvalue weighted by Crippen LogP contribution is -2.44. The molecule has 1 fully saturated rings. The molecule has 1 aliphatic carbocycles. The molecular formula is C21H27N3O2. The molecule has 1 saturated carbocycles. The third kappa shape index (κ3) is 4.40. The lowest BCUT2D eigenvalue weighted by atomic mass is 9.78. The van der Waals surface area contributed by atoms with Gasteiger partial charge >= 0.3 is 0 Å². The predicted molar refractivity (Wildman–Crippen MR) is 103 cm³/mol. The number of aryl methyl sites for hydroxylation is 1. The highest BCUT2D eigenvalue weighted by Crippen LogP contribution is 2.29. The zero-order valence-electron chi connectivity index (χ0n) is 15.5. The van der Waals surface area contributed by atoms with E-state index in [4.69, 9.17) is 0 Å². The van der Waals surface area contributed by atoms with Gasteiger partial charge in [0.1, 0.15) is 0 Å². The Morgan fingerprint density at radius 1 is 1.15 bits per heavy atom. The molecule has 0 unspecified atom stereocenters. The number of nitrogens with zero attached hydrogens (tertiary/aromatic N) is 2. The summed E-state index contributed by atoms with van der Waals surface area (Å²) in [6, 6.07) is 13.2. The van der Waals surface area contributed by atoms with E-state index < -0.39 is 0 Å². The van der Waals surface area contributed by atoms with Crippen LogP contribution in [0.3, 0.4) is 0 Å². The largest absolute Gasteiger partial charge is 0.353 e. The molecule has 3 rings (SSSR count). The van der Waals surface area contributed by atoms with Crippen molar-refractivity contribution in [2.45, 2.75) is 52.1 Å². The zero-order chi connectivity index (χ0) is 18.5. The molecule has 0 spiro atoms. The zero-order valence-corrected chi connectivity index (χ0v) is 15.5. The van der Waals surface area contributed by atoms with Crippen LogP contribution in [0.2, 0.25) is 0 Å². The van der Waals surface area contributed by atoms with E-state index in [2.05, 4.69) is 24.3 Å². The molecule has 5 nitrogen and oxygen atoms in total. The third-order valence-electron chi connectivity index (χ3n) is 5.54. The molecule has 1 aromatic heterocycles. The summed E-state index contributed by atoms with van der Waals surface area (Å²) in [6.07, 6.45) is 3.71. The van der Waals surface area contributed by atoms with Crippen molar-refractivity contribution in [3.8, 4) is 11.3 Å². The molecule has 1 aliphatic rings. The fourth-order valence-electron chi connectivity index (χ4n) is 3.64. The number of benzene rings is 1. The van der Waals surface area contributed by atoms with E-state index in [1.807, 2.05) is 30.3 Å². The normalized spacial score (nSPS) is 22.8. The van der Waals surface area contributed by atoms with Crippen molar-refractivity contribution in [1.29, 1.82) is 0 Å². The number of amides is 1. The minimum atomic E-state index is -0.183. The van der Waals surface area contributed by atoms with Crippen molar-refractivity contribution >= 4 is 5.91 Å². The molecule has 138 valence electrons. The highest BCUT2D eigenvalue weighted by Gasteiger charge is 2.27. The second-order valence-electron chi connectivity index (χ2n) is 7.34. The number of rotatable bonds is 5. The van der Waals surface area contributed by atoms with Crippen LogP contribution in [-0.4, -0.2) is 21.7 Å². The fourth-order valence-corrected chi connectivity index (χ4v) is 3.64. The Balaban J connectivity index is 1.62. The Morgan fingerprint density at radius 3 is 2.69 bits per heavy atom. The maximum atomic E-state index is 12.3. The average molecular weight is 353 g/mol. The van der Waals surface area contributed by atoms with Gasteiger partial charge in [0, 0.05) is 24.1 Å². The summed E-state index contributed by atoms with van der Waals surface area (Å²) < 4.78 is 1.38. The van der Waals surface area contributed by atoms with Gasteiger partial charge in [-0.15, -0.1) is 0 Å². The van der Waals surface area contributed by atoms with Gasteiger partial charge in [0.25, 0.3) is 5.56 Å². The summed E-state index contributed by atoms with van der Waals surface area (Å²) in [7, 11) is 0. The van der Waals surface area contributed by atoms with Gasteiger partial charge in [0.2, 0.25) is 5.91 Å². The monoisotopic (exact) mass is 353 g/mol. The van der Waals surface area contributed by atoms with Gasteiger partial charge in [-0.3, -0.25) is 9.59 Å². The Labute approximate surface area is 154 Å². The van der Waals surface area contributed by atoms with E-state index >= 15 is 0 Å². The highest BCUT2D eigenvalue weighted by atomic mass is 16.2. The second-order valence-corrected chi connectivity index (χ2v) is 7.34. The van der Waals surface area contributed by atoms with Crippen LogP contribution in [0.5, 0.6) is 0 Å². The lowest BCUT2D eigenvalue weighted by Gasteiger charge is -2.34. The first-order valence-corrected chi connectivity index (χ1v) is 9.47. The van der Waals surface area contributed by atoms with Crippen molar-refractivity contribution < 1.29 is 4.79 Å². The first kappa shape index (κ1) is 18.4. The van der Waals surface area contributed by atoms with Crippen molar-refractivity contribution in [1.82, 2.24) is 15.1 Å². The highest BCUT2D eigenvalue weighted by molar-refractivity contribution is 5.76. The predicted octanol–water partition coefficient (Wildman–Crippen LogP) is 3.24. The number of aromatic nitrogens is 2. The number of carbonyl (C=O) groups excluding carboxylic acids is 1. The van der Waals surface area contributed by atoms with Crippen molar-refractivity contribution in [2.75, 3.05) is 0 Å². The Hall–Kier alpha value is -2.43. The number of carbonyl (C=O) groups is 1. The maximum absolute atomic E-state index is 12.3. The smallest absolute Gasteiger partial charge is 0.266 e. The quantitative estimate of drug-likeness (QED) is 0.897. The van der Waals surface area contributed by atoms with Crippen LogP contribution in [0.25, 0.3) is 11.3 Å². The van der Waals surface area contributed by atoms with Crippen LogP contribution in [0.4, 0.5) is 0 Å². The summed E-state index contributed by atoms with van der Waals surface area (Å²) in [5.74, 6) is 1.13. The van der Waals surface area contributed by atoms with Crippen LogP contribution < -0.4 is 10.9 Å². The van der Waals surface area contributed by atoms with Gasteiger partial charge in [0.05, 0.1) is 12.2 Å². The van der Waals surface area contributed by atoms with Gasteiger partial charge < -0.3 is 5.32 Å². The van der Waals surface area contributed by atoms with E-state index in [0.29, 0.717) is 18.4 Å². The Morgan fingerprint density at radius 2 is 1.92 bits per heavy atom. The second kappa shape index (κ2) is 8.30. The van der Waals surface area contributed by atoms with E-state index in [-0.39, 0.29) is 23.9 Å². The van der Waals surface area contributed by atoms with Crippen LogP contribution >= 0.6 is 0 Å². The van der Waals surface area contributed by atoms with Gasteiger partial charge in [-0.25, -0.2) is 4.68 Å². The van der Waals surface area contributed by atoms with Gasteiger partial charge in [0.15, 0.2) is 0 Å². The molecule has 26 heavy (non-hydrogen) atoms. The first-order valence-electron chi connectivity index (χ1n) is 9.47. The van der Waals surface area contributed by atoms with Gasteiger partial charge in [-0.05, 0) is 24.3 Å². The molecular weight excluding hydrogens is 326 g/mol. The number of hydrogen-bond donors (Lipinski definition) is 1. The Kier molecular flexibility index (Phi) is 5.86. The third-order valence-corrected chi connectivity index (χ3v) is 5.54. The lowest BCUT2D eigenvalue weighted by molar-refractivity contribution is -0.122. The molecule has 0 aliphatic heterocycles. The van der Waals surface area contributed by atoms with Crippen LogP contribution in [0, 0.1) is 11.8 Å². The van der Waals surface area contributed by atoms with Crippen molar-refractivity contribution in [2.24, 2.45) is 11.8 Å². The molecule has 0 saturated heterocycles. The molecule has 1 heterocycles.